The number of benzene rings is 2. The van der Waals surface area contributed by atoms with Crippen LogP contribution in [0.3, 0.4) is 0 Å². The summed E-state index contributed by atoms with van der Waals surface area (Å²) in [6, 6.07) is 12.0. The molecular weight excluding hydrogens is 456 g/mol. The highest BCUT2D eigenvalue weighted by Crippen LogP contribution is 2.27. The van der Waals surface area contributed by atoms with Gasteiger partial charge >= 0.3 is 11.7 Å². The lowest BCUT2D eigenvalue weighted by Crippen LogP contribution is -2.41. The monoisotopic (exact) mass is 484 g/mol. The van der Waals surface area contributed by atoms with Crippen molar-refractivity contribution in [2.75, 3.05) is 31.6 Å². The summed E-state index contributed by atoms with van der Waals surface area (Å²) in [5.74, 6) is 0.659. The summed E-state index contributed by atoms with van der Waals surface area (Å²) in [6.07, 6.45) is 2.47. The van der Waals surface area contributed by atoms with Crippen molar-refractivity contribution in [3.63, 3.8) is 0 Å². The van der Waals surface area contributed by atoms with Gasteiger partial charge in [0.05, 0.1) is 0 Å². The van der Waals surface area contributed by atoms with Gasteiger partial charge in [0.15, 0.2) is 6.10 Å². The van der Waals surface area contributed by atoms with Crippen LogP contribution in [0.2, 0.25) is 5.02 Å². The lowest BCUT2D eigenvalue weighted by atomic mass is 10.1. The smallest absolute Gasteiger partial charge is 0.412 e. The summed E-state index contributed by atoms with van der Waals surface area (Å²) < 4.78 is 17.2. The highest BCUT2D eigenvalue weighted by atomic mass is 35.5. The highest BCUT2D eigenvalue weighted by Gasteiger charge is 2.22. The third-order valence-electron chi connectivity index (χ3n) is 5.93. The van der Waals surface area contributed by atoms with Crippen molar-refractivity contribution >= 4 is 34.4 Å². The Hall–Kier alpha value is -3.03. The van der Waals surface area contributed by atoms with E-state index in [0.29, 0.717) is 28.6 Å². The molecule has 0 bridgehead atoms. The summed E-state index contributed by atoms with van der Waals surface area (Å²) in [5.41, 5.74) is 2.37. The maximum Gasteiger partial charge on any atom is 0.412 e. The van der Waals surface area contributed by atoms with Crippen molar-refractivity contribution < 1.29 is 18.7 Å². The number of aryl methyl sites for hydroxylation is 2. The molecule has 0 spiro atoms. The van der Waals surface area contributed by atoms with E-state index in [-0.39, 0.29) is 12.2 Å². The number of carbonyl (C=O) groups is 1. The van der Waals surface area contributed by atoms with E-state index in [1.54, 1.807) is 30.3 Å². The van der Waals surface area contributed by atoms with E-state index in [4.69, 9.17) is 25.5 Å². The first-order valence-corrected chi connectivity index (χ1v) is 11.9. The largest absolute Gasteiger partial charge is 0.489 e. The number of hydrogen-bond acceptors (Lipinski definition) is 6. The van der Waals surface area contributed by atoms with Crippen LogP contribution in [0, 0.1) is 13.8 Å². The minimum atomic E-state index is -0.555. The zero-order chi connectivity index (χ0) is 24.1. The van der Waals surface area contributed by atoms with Gasteiger partial charge in [-0.05, 0) is 81.2 Å². The molecule has 1 amide bonds. The minimum absolute atomic E-state index is 0.196. The molecule has 2 aromatic carbocycles. The van der Waals surface area contributed by atoms with Crippen molar-refractivity contribution in [3.8, 4) is 5.75 Å². The Labute approximate surface area is 203 Å². The lowest BCUT2D eigenvalue weighted by molar-refractivity contribution is 0.0433. The third-order valence-corrected chi connectivity index (χ3v) is 6.16. The van der Waals surface area contributed by atoms with E-state index in [0.717, 1.165) is 42.4 Å². The van der Waals surface area contributed by atoms with Crippen LogP contribution in [-0.4, -0.2) is 43.3 Å². The van der Waals surface area contributed by atoms with Crippen LogP contribution in [0.4, 0.5) is 10.5 Å². The summed E-state index contributed by atoms with van der Waals surface area (Å²) >= 11 is 6.01. The first kappa shape index (κ1) is 24.1. The number of anilines is 1. The van der Waals surface area contributed by atoms with Crippen molar-refractivity contribution in [2.24, 2.45) is 0 Å². The van der Waals surface area contributed by atoms with E-state index < -0.39 is 12.2 Å². The Bertz CT molecular complexity index is 1220. The summed E-state index contributed by atoms with van der Waals surface area (Å²) in [5, 5.41) is 4.08. The summed E-state index contributed by atoms with van der Waals surface area (Å²) in [7, 11) is 0. The van der Waals surface area contributed by atoms with Crippen LogP contribution < -0.4 is 15.7 Å². The van der Waals surface area contributed by atoms with Crippen molar-refractivity contribution in [3.05, 3.63) is 69.0 Å². The van der Waals surface area contributed by atoms with Crippen molar-refractivity contribution in [1.82, 2.24) is 4.90 Å². The molecule has 2 heterocycles. The quantitative estimate of drug-likeness (QED) is 0.443. The van der Waals surface area contributed by atoms with E-state index in [1.165, 1.54) is 12.5 Å². The van der Waals surface area contributed by atoms with E-state index in [2.05, 4.69) is 10.2 Å². The molecule has 1 aliphatic rings. The van der Waals surface area contributed by atoms with Crippen LogP contribution in [0.25, 0.3) is 11.0 Å². The molecule has 7 nitrogen and oxygen atoms in total. The standard InChI is InChI=1S/C26H29ClN2O5/c1-17-12-25(30)34-24-11-18(2)23(14-22(17)24)32-16-21(15-29-9-4-3-5-10-29)33-26(31)28-20-8-6-7-19(27)13-20/h6-8,11-14,21H,3-5,9-10,15-16H2,1-2H3,(H,28,31)/t21-/m1/s1. The Morgan fingerprint density at radius 3 is 2.68 bits per heavy atom. The first-order valence-electron chi connectivity index (χ1n) is 11.5. The number of likely N-dealkylation sites (tertiary alicyclic amines) is 1. The Kier molecular flexibility index (Phi) is 7.75. The maximum absolute atomic E-state index is 12.6. The molecule has 1 aliphatic heterocycles. The van der Waals surface area contributed by atoms with Crippen LogP contribution >= 0.6 is 11.6 Å². The highest BCUT2D eigenvalue weighted by molar-refractivity contribution is 6.30. The molecule has 0 saturated carbocycles. The summed E-state index contributed by atoms with van der Waals surface area (Å²) in [4.78, 5) is 26.6. The Morgan fingerprint density at radius 2 is 1.91 bits per heavy atom. The van der Waals surface area contributed by atoms with Gasteiger partial charge in [-0.2, -0.15) is 0 Å². The van der Waals surface area contributed by atoms with Crippen molar-refractivity contribution in [1.29, 1.82) is 0 Å². The molecular formula is C26H29ClN2O5. The second-order valence-corrected chi connectivity index (χ2v) is 9.13. The predicted molar refractivity (Wildman–Crippen MR) is 133 cm³/mol. The number of hydrogen-bond donors (Lipinski definition) is 1. The Balaban J connectivity index is 1.48. The average Bonchev–Trinajstić information content (AvgIpc) is 2.78. The molecule has 1 atom stereocenters. The van der Waals surface area contributed by atoms with E-state index >= 15 is 0 Å². The van der Waals surface area contributed by atoms with Crippen LogP contribution in [0.1, 0.15) is 30.4 Å². The fourth-order valence-corrected chi connectivity index (χ4v) is 4.39. The number of fused-ring (bicyclic) bond motifs is 1. The first-order chi connectivity index (χ1) is 16.4. The molecule has 1 aromatic heterocycles. The van der Waals surface area contributed by atoms with Gasteiger partial charge < -0.3 is 13.9 Å². The van der Waals surface area contributed by atoms with Crippen LogP contribution in [-0.2, 0) is 4.74 Å². The number of halogens is 1. The molecule has 0 aliphatic carbocycles. The average molecular weight is 485 g/mol. The van der Waals surface area contributed by atoms with Crippen molar-refractivity contribution in [2.45, 2.75) is 39.2 Å². The molecule has 0 unspecified atom stereocenters. The van der Waals surface area contributed by atoms with Gasteiger partial charge in [0.1, 0.15) is 17.9 Å². The number of nitrogens with one attached hydrogen (secondary N) is 1. The number of ether oxygens (including phenoxy) is 2. The fourth-order valence-electron chi connectivity index (χ4n) is 4.20. The molecule has 8 heteroatoms. The number of piperidine rings is 1. The SMILES string of the molecule is Cc1cc2oc(=O)cc(C)c2cc1OC[C@@H](CN1CCCCC1)OC(=O)Nc1cccc(Cl)c1. The molecule has 180 valence electrons. The second-order valence-electron chi connectivity index (χ2n) is 8.70. The number of nitrogens with zero attached hydrogens (tertiary/aromatic N) is 1. The molecule has 0 radical (unpaired) electrons. The molecule has 4 rings (SSSR count). The van der Waals surface area contributed by atoms with Gasteiger partial charge in [-0.15, -0.1) is 0 Å². The van der Waals surface area contributed by atoms with E-state index in [1.807, 2.05) is 19.9 Å². The number of amides is 1. The number of rotatable bonds is 7. The van der Waals surface area contributed by atoms with Gasteiger partial charge in [-0.1, -0.05) is 24.1 Å². The lowest BCUT2D eigenvalue weighted by Gasteiger charge is -2.30. The predicted octanol–water partition coefficient (Wildman–Crippen LogP) is 5.55. The molecule has 1 N–H and O–H groups in total. The molecule has 3 aromatic rings. The van der Waals surface area contributed by atoms with Crippen LogP contribution in [0.15, 0.2) is 51.7 Å². The topological polar surface area (TPSA) is 81.0 Å². The third kappa shape index (κ3) is 6.30. The zero-order valence-corrected chi connectivity index (χ0v) is 20.2. The van der Waals surface area contributed by atoms with Gasteiger partial charge in [-0.25, -0.2) is 9.59 Å². The van der Waals surface area contributed by atoms with Crippen LogP contribution in [0.5, 0.6) is 5.75 Å². The Morgan fingerprint density at radius 1 is 1.12 bits per heavy atom. The van der Waals surface area contributed by atoms with Gasteiger partial charge in [0.25, 0.3) is 0 Å². The minimum Gasteiger partial charge on any atom is -0.489 e. The second kappa shape index (κ2) is 10.9. The zero-order valence-electron chi connectivity index (χ0n) is 19.4. The van der Waals surface area contributed by atoms with E-state index in [9.17, 15) is 9.59 Å². The number of carbonyl (C=O) groups excluding carboxylic acids is 1. The molecule has 1 fully saturated rings. The normalized spacial score (nSPS) is 15.1. The summed E-state index contributed by atoms with van der Waals surface area (Å²) in [6.45, 7) is 6.49. The molecule has 1 saturated heterocycles. The van der Waals surface area contributed by atoms with Gasteiger partial charge in [0.2, 0.25) is 0 Å². The molecule has 34 heavy (non-hydrogen) atoms. The maximum atomic E-state index is 12.6. The van der Waals surface area contributed by atoms with Gasteiger partial charge in [-0.3, -0.25) is 10.2 Å². The fraction of sp³-hybridized carbons (Fsp3) is 0.385. The van der Waals surface area contributed by atoms with Gasteiger partial charge in [0, 0.05) is 28.7 Å².